The molecule has 0 fully saturated rings. The first-order valence-corrected chi connectivity index (χ1v) is 7.93. The fourth-order valence-corrected chi connectivity index (χ4v) is 2.46. The van der Waals surface area contributed by atoms with Crippen molar-refractivity contribution in [2.24, 2.45) is 0 Å². The number of nitrogens with zero attached hydrogens (tertiary/aromatic N) is 4. The van der Waals surface area contributed by atoms with E-state index in [-0.39, 0.29) is 12.5 Å². The molecule has 25 heavy (non-hydrogen) atoms. The molecule has 0 aliphatic rings. The van der Waals surface area contributed by atoms with E-state index in [4.69, 9.17) is 16.3 Å². The zero-order chi connectivity index (χ0) is 17.8. The summed E-state index contributed by atoms with van der Waals surface area (Å²) in [5.74, 6) is 1.13. The van der Waals surface area contributed by atoms with Crippen LogP contribution in [0.25, 0.3) is 5.82 Å². The highest BCUT2D eigenvalue weighted by atomic mass is 35.5. The Morgan fingerprint density at radius 1 is 1.24 bits per heavy atom. The van der Waals surface area contributed by atoms with Gasteiger partial charge in [-0.1, -0.05) is 17.7 Å². The van der Waals surface area contributed by atoms with Crippen molar-refractivity contribution in [3.8, 4) is 11.6 Å². The molecule has 8 heteroatoms. The first-order valence-electron chi connectivity index (χ1n) is 7.55. The number of ether oxygens (including phenoxy) is 1. The minimum Gasteiger partial charge on any atom is -0.484 e. The molecule has 3 rings (SSSR count). The number of rotatable bonds is 5. The number of aromatic nitrogens is 4. The van der Waals surface area contributed by atoms with Gasteiger partial charge in [0, 0.05) is 16.8 Å². The second-order valence-electron chi connectivity index (χ2n) is 5.39. The maximum atomic E-state index is 12.0. The standard InChI is InChI=1S/C17H16ClN5O2/c1-11-6-12(2)23(22-11)16-8-15(19-10-20-16)21-17(24)9-25-14-5-3-4-13(18)7-14/h3-8,10H,9H2,1-2H3,(H,19,20,21,24). The van der Waals surface area contributed by atoms with Crippen molar-refractivity contribution in [2.75, 3.05) is 11.9 Å². The van der Waals surface area contributed by atoms with Crippen LogP contribution in [0.15, 0.2) is 42.7 Å². The molecular weight excluding hydrogens is 342 g/mol. The van der Waals surface area contributed by atoms with Crippen molar-refractivity contribution < 1.29 is 9.53 Å². The number of benzene rings is 1. The van der Waals surface area contributed by atoms with Crippen LogP contribution in [-0.2, 0) is 4.79 Å². The first-order chi connectivity index (χ1) is 12.0. The van der Waals surface area contributed by atoms with Gasteiger partial charge in [-0.05, 0) is 38.1 Å². The minimum atomic E-state index is -0.335. The van der Waals surface area contributed by atoms with Gasteiger partial charge in [-0.25, -0.2) is 14.6 Å². The summed E-state index contributed by atoms with van der Waals surface area (Å²) in [5.41, 5.74) is 1.83. The maximum absolute atomic E-state index is 12.0. The maximum Gasteiger partial charge on any atom is 0.263 e. The highest BCUT2D eigenvalue weighted by Crippen LogP contribution is 2.17. The van der Waals surface area contributed by atoms with Crippen molar-refractivity contribution in [3.05, 3.63) is 59.1 Å². The van der Waals surface area contributed by atoms with Crippen LogP contribution >= 0.6 is 11.6 Å². The molecular formula is C17H16ClN5O2. The summed E-state index contributed by atoms with van der Waals surface area (Å²) in [5, 5.41) is 7.58. The SMILES string of the molecule is Cc1cc(C)n(-c2cc(NC(=O)COc3cccc(Cl)c3)ncn2)n1. The van der Waals surface area contributed by atoms with E-state index in [2.05, 4.69) is 20.4 Å². The molecule has 2 heterocycles. The Bertz CT molecular complexity index is 910. The summed E-state index contributed by atoms with van der Waals surface area (Å²) in [6, 6.07) is 10.4. The molecule has 7 nitrogen and oxygen atoms in total. The monoisotopic (exact) mass is 357 g/mol. The number of hydrogen-bond donors (Lipinski definition) is 1. The lowest BCUT2D eigenvalue weighted by molar-refractivity contribution is -0.118. The van der Waals surface area contributed by atoms with E-state index in [0.717, 1.165) is 11.4 Å². The number of anilines is 1. The molecule has 1 N–H and O–H groups in total. The van der Waals surface area contributed by atoms with Gasteiger partial charge in [-0.3, -0.25) is 4.79 Å². The van der Waals surface area contributed by atoms with Crippen LogP contribution in [0.5, 0.6) is 5.75 Å². The molecule has 0 unspecified atom stereocenters. The summed E-state index contributed by atoms with van der Waals surface area (Å²) >= 11 is 5.87. The molecule has 1 amide bonds. The van der Waals surface area contributed by atoms with Crippen molar-refractivity contribution in [1.29, 1.82) is 0 Å². The third-order valence-corrected chi connectivity index (χ3v) is 3.55. The van der Waals surface area contributed by atoms with Crippen LogP contribution in [0.2, 0.25) is 5.02 Å². The molecule has 0 aliphatic carbocycles. The van der Waals surface area contributed by atoms with Gasteiger partial charge in [0.15, 0.2) is 12.4 Å². The third kappa shape index (κ3) is 4.33. The highest BCUT2D eigenvalue weighted by molar-refractivity contribution is 6.30. The van der Waals surface area contributed by atoms with E-state index in [1.54, 1.807) is 35.0 Å². The van der Waals surface area contributed by atoms with Gasteiger partial charge in [0.2, 0.25) is 0 Å². The molecule has 0 spiro atoms. The molecule has 1 aromatic carbocycles. The summed E-state index contributed by atoms with van der Waals surface area (Å²) in [7, 11) is 0. The molecule has 0 radical (unpaired) electrons. The Balaban J connectivity index is 1.65. The second-order valence-corrected chi connectivity index (χ2v) is 5.83. The largest absolute Gasteiger partial charge is 0.484 e. The molecule has 0 aliphatic heterocycles. The smallest absolute Gasteiger partial charge is 0.263 e. The summed E-state index contributed by atoms with van der Waals surface area (Å²) in [6.45, 7) is 3.68. The van der Waals surface area contributed by atoms with Crippen LogP contribution < -0.4 is 10.1 Å². The first kappa shape index (κ1) is 16.9. The molecule has 0 saturated heterocycles. The van der Waals surface area contributed by atoms with Crippen molar-refractivity contribution in [3.63, 3.8) is 0 Å². The topological polar surface area (TPSA) is 81.9 Å². The number of amides is 1. The number of aryl methyl sites for hydroxylation is 2. The van der Waals surface area contributed by atoms with E-state index < -0.39 is 0 Å². The third-order valence-electron chi connectivity index (χ3n) is 3.31. The van der Waals surface area contributed by atoms with Crippen molar-refractivity contribution in [1.82, 2.24) is 19.7 Å². The van der Waals surface area contributed by atoms with Gasteiger partial charge in [0.25, 0.3) is 5.91 Å². The zero-order valence-electron chi connectivity index (χ0n) is 13.7. The van der Waals surface area contributed by atoms with Crippen LogP contribution in [0.4, 0.5) is 5.82 Å². The lowest BCUT2D eigenvalue weighted by Gasteiger charge is -2.08. The predicted molar refractivity (Wildman–Crippen MR) is 94.2 cm³/mol. The van der Waals surface area contributed by atoms with Gasteiger partial charge in [-0.15, -0.1) is 0 Å². The number of halogens is 1. The Morgan fingerprint density at radius 3 is 2.80 bits per heavy atom. The van der Waals surface area contributed by atoms with Gasteiger partial charge in [-0.2, -0.15) is 5.10 Å². The van der Waals surface area contributed by atoms with Crippen molar-refractivity contribution >= 4 is 23.3 Å². The molecule has 0 saturated carbocycles. The van der Waals surface area contributed by atoms with Crippen LogP contribution in [-0.4, -0.2) is 32.3 Å². The van der Waals surface area contributed by atoms with E-state index in [1.165, 1.54) is 6.33 Å². The van der Waals surface area contributed by atoms with Gasteiger partial charge >= 0.3 is 0 Å². The van der Waals surface area contributed by atoms with E-state index in [1.807, 2.05) is 19.9 Å². The lowest BCUT2D eigenvalue weighted by atomic mass is 10.3. The van der Waals surface area contributed by atoms with Gasteiger partial charge in [0.05, 0.1) is 5.69 Å². The average molecular weight is 358 g/mol. The van der Waals surface area contributed by atoms with E-state index in [9.17, 15) is 4.79 Å². The normalized spacial score (nSPS) is 10.5. The Morgan fingerprint density at radius 2 is 2.08 bits per heavy atom. The number of carbonyl (C=O) groups is 1. The fraction of sp³-hybridized carbons (Fsp3) is 0.176. The second kappa shape index (κ2) is 7.31. The Labute approximate surface area is 149 Å². The van der Waals surface area contributed by atoms with Crippen molar-refractivity contribution in [2.45, 2.75) is 13.8 Å². The van der Waals surface area contributed by atoms with E-state index in [0.29, 0.717) is 22.4 Å². The zero-order valence-corrected chi connectivity index (χ0v) is 14.5. The van der Waals surface area contributed by atoms with Crippen LogP contribution in [0, 0.1) is 13.8 Å². The van der Waals surface area contributed by atoms with Crippen LogP contribution in [0.1, 0.15) is 11.4 Å². The number of nitrogens with one attached hydrogen (secondary N) is 1. The molecule has 3 aromatic rings. The average Bonchev–Trinajstić information content (AvgIpc) is 2.92. The predicted octanol–water partition coefficient (Wildman–Crippen LogP) is 2.95. The Hall–Kier alpha value is -2.93. The molecule has 2 aromatic heterocycles. The Kier molecular flexibility index (Phi) is 4.95. The molecule has 128 valence electrons. The summed E-state index contributed by atoms with van der Waals surface area (Å²) in [4.78, 5) is 20.3. The van der Waals surface area contributed by atoms with Gasteiger partial charge < -0.3 is 10.1 Å². The lowest BCUT2D eigenvalue weighted by Crippen LogP contribution is -2.21. The summed E-state index contributed by atoms with van der Waals surface area (Å²) < 4.78 is 7.09. The van der Waals surface area contributed by atoms with Crippen LogP contribution in [0.3, 0.4) is 0 Å². The summed E-state index contributed by atoms with van der Waals surface area (Å²) in [6.07, 6.45) is 1.37. The highest BCUT2D eigenvalue weighted by Gasteiger charge is 2.09. The fourth-order valence-electron chi connectivity index (χ4n) is 2.28. The number of hydrogen-bond acceptors (Lipinski definition) is 5. The molecule has 0 bridgehead atoms. The van der Waals surface area contributed by atoms with Gasteiger partial charge in [0.1, 0.15) is 17.9 Å². The molecule has 0 atom stereocenters. The van der Waals surface area contributed by atoms with E-state index >= 15 is 0 Å². The quantitative estimate of drug-likeness (QED) is 0.759. The number of carbonyl (C=O) groups excluding carboxylic acids is 1. The minimum absolute atomic E-state index is 0.153.